The Morgan fingerprint density at radius 1 is 1.44 bits per heavy atom. The zero-order chi connectivity index (χ0) is 12.5. The molecule has 2 N–H and O–H groups in total. The van der Waals surface area contributed by atoms with Crippen LogP contribution in [0.3, 0.4) is 0 Å². The van der Waals surface area contributed by atoms with Gasteiger partial charge in [0.15, 0.2) is 0 Å². The second-order valence-electron chi connectivity index (χ2n) is 4.88. The first-order valence-corrected chi connectivity index (χ1v) is 6.28. The molecule has 0 amide bonds. The fraction of sp³-hybridized carbons (Fsp3) is 0.357. The van der Waals surface area contributed by atoms with Gasteiger partial charge in [0.2, 0.25) is 0 Å². The first-order chi connectivity index (χ1) is 8.74. The summed E-state index contributed by atoms with van der Waals surface area (Å²) in [6, 6.07) is 6.22. The molecule has 2 aromatic rings. The van der Waals surface area contributed by atoms with Gasteiger partial charge < -0.3 is 15.0 Å². The van der Waals surface area contributed by atoms with Crippen LogP contribution in [0.1, 0.15) is 30.1 Å². The summed E-state index contributed by atoms with van der Waals surface area (Å²) in [5, 5.41) is 12.8. The van der Waals surface area contributed by atoms with Crippen molar-refractivity contribution in [3.63, 3.8) is 0 Å². The van der Waals surface area contributed by atoms with Gasteiger partial charge in [0.25, 0.3) is 0 Å². The Hall–Kier alpha value is -1.97. The maximum Gasteiger partial charge on any atom is 0.118 e. The highest BCUT2D eigenvalue weighted by atomic mass is 16.3. The minimum absolute atomic E-state index is 0.337. The normalized spacial score (nSPS) is 14.7. The van der Waals surface area contributed by atoms with Crippen LogP contribution in [0.4, 0.5) is 5.69 Å². The first kappa shape index (κ1) is 11.1. The second-order valence-corrected chi connectivity index (χ2v) is 4.88. The lowest BCUT2D eigenvalue weighted by Gasteiger charge is -2.10. The highest BCUT2D eigenvalue weighted by Crippen LogP contribution is 2.35. The standard InChI is InChI=1S/C14H17N3O/c1-10-6-11(2-5-14(10)18)16-8-13-7-15-9-17(13)12-3-4-12/h2,5-7,9,12,16,18H,3-4,8H2,1H3. The van der Waals surface area contributed by atoms with E-state index < -0.39 is 0 Å². The van der Waals surface area contributed by atoms with Gasteiger partial charge >= 0.3 is 0 Å². The van der Waals surface area contributed by atoms with Gasteiger partial charge in [-0.25, -0.2) is 4.98 Å². The van der Waals surface area contributed by atoms with Crippen LogP contribution in [0, 0.1) is 6.92 Å². The fourth-order valence-corrected chi connectivity index (χ4v) is 2.11. The summed E-state index contributed by atoms with van der Waals surface area (Å²) in [5.74, 6) is 0.337. The average molecular weight is 243 g/mol. The molecule has 0 atom stereocenters. The van der Waals surface area contributed by atoms with Crippen LogP contribution < -0.4 is 5.32 Å². The maximum absolute atomic E-state index is 9.48. The van der Waals surface area contributed by atoms with Crippen LogP contribution in [-0.2, 0) is 6.54 Å². The highest BCUT2D eigenvalue weighted by Gasteiger charge is 2.24. The molecule has 0 radical (unpaired) electrons. The summed E-state index contributed by atoms with van der Waals surface area (Å²) >= 11 is 0. The molecule has 0 spiro atoms. The van der Waals surface area contributed by atoms with Crippen molar-refractivity contribution in [1.82, 2.24) is 9.55 Å². The number of nitrogens with one attached hydrogen (secondary N) is 1. The van der Waals surface area contributed by atoms with E-state index in [1.165, 1.54) is 18.5 Å². The van der Waals surface area contributed by atoms with E-state index in [4.69, 9.17) is 0 Å². The van der Waals surface area contributed by atoms with Crippen molar-refractivity contribution in [2.75, 3.05) is 5.32 Å². The van der Waals surface area contributed by atoms with Crippen molar-refractivity contribution in [1.29, 1.82) is 0 Å². The maximum atomic E-state index is 9.48. The molecular weight excluding hydrogens is 226 g/mol. The van der Waals surface area contributed by atoms with Crippen LogP contribution in [0.25, 0.3) is 0 Å². The Morgan fingerprint density at radius 2 is 2.28 bits per heavy atom. The van der Waals surface area contributed by atoms with Crippen LogP contribution >= 0.6 is 0 Å². The number of phenols is 1. The van der Waals surface area contributed by atoms with Crippen LogP contribution in [0.15, 0.2) is 30.7 Å². The average Bonchev–Trinajstić information content (AvgIpc) is 3.10. The number of hydrogen-bond acceptors (Lipinski definition) is 3. The number of imidazole rings is 1. The van der Waals surface area contributed by atoms with Gasteiger partial charge in [-0.1, -0.05) is 0 Å². The lowest BCUT2D eigenvalue weighted by Crippen LogP contribution is -2.05. The summed E-state index contributed by atoms with van der Waals surface area (Å²) in [6.45, 7) is 2.66. The molecule has 1 aliphatic rings. The van der Waals surface area contributed by atoms with E-state index in [0.717, 1.165) is 17.8 Å². The third-order valence-electron chi connectivity index (χ3n) is 3.36. The molecule has 4 heteroatoms. The number of nitrogens with zero attached hydrogens (tertiary/aromatic N) is 2. The largest absolute Gasteiger partial charge is 0.508 e. The Morgan fingerprint density at radius 3 is 3.00 bits per heavy atom. The van der Waals surface area contributed by atoms with Gasteiger partial charge in [-0.05, 0) is 43.5 Å². The molecule has 1 aromatic heterocycles. The molecule has 0 bridgehead atoms. The van der Waals surface area contributed by atoms with Gasteiger partial charge in [-0.3, -0.25) is 0 Å². The monoisotopic (exact) mass is 243 g/mol. The molecule has 0 unspecified atom stereocenters. The molecular formula is C14H17N3O. The van der Waals surface area contributed by atoms with Gasteiger partial charge in [0.1, 0.15) is 5.75 Å². The van der Waals surface area contributed by atoms with Gasteiger partial charge in [-0.15, -0.1) is 0 Å². The van der Waals surface area contributed by atoms with Gasteiger partial charge in [-0.2, -0.15) is 0 Å². The van der Waals surface area contributed by atoms with Crippen molar-refractivity contribution < 1.29 is 5.11 Å². The molecule has 18 heavy (non-hydrogen) atoms. The number of aryl methyl sites for hydroxylation is 1. The summed E-state index contributed by atoms with van der Waals surface area (Å²) < 4.78 is 2.25. The lowest BCUT2D eigenvalue weighted by molar-refractivity contribution is 0.471. The van der Waals surface area contributed by atoms with E-state index in [1.807, 2.05) is 31.6 Å². The number of hydrogen-bond donors (Lipinski definition) is 2. The Bertz CT molecular complexity index is 558. The quantitative estimate of drug-likeness (QED) is 0.812. The molecule has 1 saturated carbocycles. The van der Waals surface area contributed by atoms with E-state index in [-0.39, 0.29) is 0 Å². The predicted octanol–water partition coefficient (Wildman–Crippen LogP) is 2.84. The smallest absolute Gasteiger partial charge is 0.118 e. The number of aromatic nitrogens is 2. The lowest BCUT2D eigenvalue weighted by atomic mass is 10.2. The van der Waals surface area contributed by atoms with E-state index in [1.54, 1.807) is 6.07 Å². The molecule has 1 aliphatic carbocycles. The molecule has 94 valence electrons. The predicted molar refractivity (Wildman–Crippen MR) is 70.7 cm³/mol. The van der Waals surface area contributed by atoms with Crippen LogP contribution in [0.2, 0.25) is 0 Å². The SMILES string of the molecule is Cc1cc(NCc2cncn2C2CC2)ccc1O. The number of phenolic OH excluding ortho intramolecular Hbond substituents is 1. The summed E-state index contributed by atoms with van der Waals surface area (Å²) in [6.07, 6.45) is 6.36. The Balaban J connectivity index is 1.69. The zero-order valence-corrected chi connectivity index (χ0v) is 10.4. The fourth-order valence-electron chi connectivity index (χ4n) is 2.11. The van der Waals surface area contributed by atoms with Crippen LogP contribution in [-0.4, -0.2) is 14.7 Å². The molecule has 1 aromatic carbocycles. The minimum atomic E-state index is 0.337. The zero-order valence-electron chi connectivity index (χ0n) is 10.4. The molecule has 0 aliphatic heterocycles. The third kappa shape index (κ3) is 2.18. The van der Waals surface area contributed by atoms with E-state index in [9.17, 15) is 5.11 Å². The third-order valence-corrected chi connectivity index (χ3v) is 3.36. The minimum Gasteiger partial charge on any atom is -0.508 e. The number of aromatic hydroxyl groups is 1. The van der Waals surface area contributed by atoms with Crippen molar-refractivity contribution >= 4 is 5.69 Å². The van der Waals surface area contributed by atoms with Crippen molar-refractivity contribution in [3.8, 4) is 5.75 Å². The number of anilines is 1. The Labute approximate surface area is 106 Å². The molecule has 4 nitrogen and oxygen atoms in total. The van der Waals surface area contributed by atoms with Crippen molar-refractivity contribution in [2.24, 2.45) is 0 Å². The first-order valence-electron chi connectivity index (χ1n) is 6.28. The molecule has 0 saturated heterocycles. The van der Waals surface area contributed by atoms with Gasteiger partial charge in [0.05, 0.1) is 18.6 Å². The van der Waals surface area contributed by atoms with Crippen LogP contribution in [0.5, 0.6) is 5.75 Å². The highest BCUT2D eigenvalue weighted by molar-refractivity contribution is 5.50. The number of rotatable bonds is 4. The second kappa shape index (κ2) is 4.37. The van der Waals surface area contributed by atoms with E-state index in [0.29, 0.717) is 11.8 Å². The summed E-state index contributed by atoms with van der Waals surface area (Å²) in [7, 11) is 0. The topological polar surface area (TPSA) is 50.1 Å². The Kier molecular flexibility index (Phi) is 2.70. The van der Waals surface area contributed by atoms with Gasteiger partial charge in [0, 0.05) is 17.9 Å². The van der Waals surface area contributed by atoms with E-state index >= 15 is 0 Å². The molecule has 1 fully saturated rings. The number of benzene rings is 1. The summed E-state index contributed by atoms with van der Waals surface area (Å²) in [5.41, 5.74) is 3.12. The van der Waals surface area contributed by atoms with Crippen molar-refractivity contribution in [2.45, 2.75) is 32.4 Å². The van der Waals surface area contributed by atoms with Crippen molar-refractivity contribution in [3.05, 3.63) is 42.0 Å². The molecule has 1 heterocycles. The van der Waals surface area contributed by atoms with E-state index in [2.05, 4.69) is 14.9 Å². The summed E-state index contributed by atoms with van der Waals surface area (Å²) in [4.78, 5) is 4.21. The molecule has 3 rings (SSSR count).